The Morgan fingerprint density at radius 3 is 1.81 bits per heavy atom. The molecule has 3 heterocycles. The average Bonchev–Trinajstić information content (AvgIpc) is 3.68. The Morgan fingerprint density at radius 1 is 0.553 bits per heavy atom. The van der Waals surface area contributed by atoms with Crippen LogP contribution >= 0.6 is 0 Å². The van der Waals surface area contributed by atoms with Crippen LogP contribution in [0.2, 0.25) is 0 Å². The number of hydrogen-bond acceptors (Lipinski definition) is 2. The van der Waals surface area contributed by atoms with Gasteiger partial charge in [-0.15, -0.1) is 0 Å². The van der Waals surface area contributed by atoms with E-state index >= 15 is 0 Å². The van der Waals surface area contributed by atoms with Gasteiger partial charge < -0.3 is 18.4 Å². The van der Waals surface area contributed by atoms with E-state index in [2.05, 4.69) is 164 Å². The van der Waals surface area contributed by atoms with Crippen LogP contribution < -0.4 is 5.46 Å². The van der Waals surface area contributed by atoms with Gasteiger partial charge in [0, 0.05) is 32.9 Å². The number of fused-ring (bicyclic) bond motifs is 6. The predicted molar refractivity (Wildman–Crippen MR) is 198 cm³/mol. The third kappa shape index (κ3) is 4.37. The zero-order valence-electron chi connectivity index (χ0n) is 27.3. The largest absolute Gasteiger partial charge is 0.494 e. The van der Waals surface area contributed by atoms with Crippen LogP contribution in [0, 0.1) is 0 Å². The van der Waals surface area contributed by atoms with Gasteiger partial charge in [0.05, 0.1) is 33.3 Å². The van der Waals surface area contributed by atoms with Gasteiger partial charge in [-0.1, -0.05) is 72.8 Å². The molecule has 2 aromatic heterocycles. The molecule has 0 N–H and O–H groups in total. The normalized spacial score (nSPS) is 17.4. The number of allylic oxidation sites excluding steroid dienone is 4. The average molecular weight is 613 g/mol. The quantitative estimate of drug-likeness (QED) is 0.185. The minimum absolute atomic E-state index is 0.399. The summed E-state index contributed by atoms with van der Waals surface area (Å²) in [6.45, 7) is 8.43. The van der Waals surface area contributed by atoms with Crippen LogP contribution in [0.5, 0.6) is 0 Å². The van der Waals surface area contributed by atoms with E-state index in [1.165, 1.54) is 54.9 Å². The Bertz CT molecular complexity index is 2410. The molecular formula is C42H37BN2O2. The molecular weight excluding hydrogens is 575 g/mol. The number of rotatable bonds is 4. The summed E-state index contributed by atoms with van der Waals surface area (Å²) in [4.78, 5) is 0. The highest BCUT2D eigenvalue weighted by molar-refractivity contribution is 6.62. The van der Waals surface area contributed by atoms with Crippen LogP contribution in [0.4, 0.5) is 0 Å². The van der Waals surface area contributed by atoms with Gasteiger partial charge in [0.15, 0.2) is 0 Å². The van der Waals surface area contributed by atoms with Crippen molar-refractivity contribution < 1.29 is 9.31 Å². The molecule has 4 nitrogen and oxygen atoms in total. The summed E-state index contributed by atoms with van der Waals surface area (Å²) in [7, 11) is -0.420. The first-order chi connectivity index (χ1) is 22.8. The highest BCUT2D eigenvalue weighted by atomic mass is 16.7. The lowest BCUT2D eigenvalue weighted by molar-refractivity contribution is 0.00578. The zero-order valence-corrected chi connectivity index (χ0v) is 27.3. The maximum atomic E-state index is 6.48. The summed E-state index contributed by atoms with van der Waals surface area (Å²) in [6, 6.07) is 39.9. The summed E-state index contributed by atoms with van der Waals surface area (Å²) < 4.78 is 17.7. The fraction of sp³-hybridized carbons (Fsp3) is 0.190. The van der Waals surface area contributed by atoms with Crippen molar-refractivity contribution >= 4 is 61.9 Å². The minimum Gasteiger partial charge on any atom is -0.399 e. The number of benzene rings is 5. The van der Waals surface area contributed by atoms with E-state index in [1.54, 1.807) is 0 Å². The number of nitrogens with zero attached hydrogens (tertiary/aromatic N) is 2. The molecule has 0 unspecified atom stereocenters. The van der Waals surface area contributed by atoms with Crippen molar-refractivity contribution in [2.45, 2.75) is 51.7 Å². The minimum atomic E-state index is -0.420. The molecule has 230 valence electrons. The number of aromatic nitrogens is 2. The second kappa shape index (κ2) is 10.3. The lowest BCUT2D eigenvalue weighted by Gasteiger charge is -2.32. The van der Waals surface area contributed by atoms with Gasteiger partial charge in [0.25, 0.3) is 0 Å². The lowest BCUT2D eigenvalue weighted by atomic mass is 9.78. The molecule has 7 aromatic rings. The van der Waals surface area contributed by atoms with Crippen LogP contribution in [-0.4, -0.2) is 27.5 Å². The summed E-state index contributed by atoms with van der Waals surface area (Å²) in [5.41, 5.74) is 9.86. The molecule has 0 radical (unpaired) electrons. The highest BCUT2D eigenvalue weighted by Gasteiger charge is 2.51. The Hall–Kier alpha value is -4.84. The maximum Gasteiger partial charge on any atom is 0.494 e. The standard InChI is InChI=1S/C42H37BN2O2/c1-41(2)42(3,4)47-43(46-41)30-21-24-40-36(27-30)35-26-29(20-23-39(35)45(40)32-15-9-6-10-16-32)28-19-22-38-34(25-28)33-17-11-12-18-37(33)44(38)31-13-7-5-8-14-31/h6-7,9-27H,5,8H2,1-4H3. The molecule has 47 heavy (non-hydrogen) atoms. The fourth-order valence-electron chi connectivity index (χ4n) is 7.40. The highest BCUT2D eigenvalue weighted by Crippen LogP contribution is 2.40. The third-order valence-corrected chi connectivity index (χ3v) is 10.6. The molecule has 2 aliphatic rings. The van der Waals surface area contributed by atoms with Gasteiger partial charge in [-0.2, -0.15) is 0 Å². The first-order valence-electron chi connectivity index (χ1n) is 16.7. The topological polar surface area (TPSA) is 28.3 Å². The van der Waals surface area contributed by atoms with E-state index in [0.717, 1.165) is 29.5 Å². The van der Waals surface area contributed by atoms with E-state index in [-0.39, 0.29) is 0 Å². The Morgan fingerprint density at radius 2 is 1.13 bits per heavy atom. The molecule has 0 atom stereocenters. The second-order valence-corrected chi connectivity index (χ2v) is 14.0. The SMILES string of the molecule is CC1(C)OB(c2ccc3c(c2)c2cc(-c4ccc5c(c4)c4ccccc4n5C4=CCCC=C4)ccc2n3-c2ccccc2)OC1(C)C. The van der Waals surface area contributed by atoms with Crippen LogP contribution in [0.25, 0.3) is 66.1 Å². The van der Waals surface area contributed by atoms with Gasteiger partial charge >= 0.3 is 7.12 Å². The number of hydrogen-bond donors (Lipinski definition) is 0. The monoisotopic (exact) mass is 612 g/mol. The molecule has 5 heteroatoms. The van der Waals surface area contributed by atoms with E-state index in [4.69, 9.17) is 9.31 Å². The summed E-state index contributed by atoms with van der Waals surface area (Å²) >= 11 is 0. The molecule has 9 rings (SSSR count). The van der Waals surface area contributed by atoms with Gasteiger partial charge in [-0.25, -0.2) is 0 Å². The van der Waals surface area contributed by atoms with Crippen molar-refractivity contribution in [2.24, 2.45) is 0 Å². The third-order valence-electron chi connectivity index (χ3n) is 10.6. The lowest BCUT2D eigenvalue weighted by Crippen LogP contribution is -2.41. The molecule has 0 bridgehead atoms. The summed E-state index contributed by atoms with van der Waals surface area (Å²) in [5, 5.41) is 4.94. The van der Waals surface area contributed by atoms with Crippen molar-refractivity contribution in [1.29, 1.82) is 0 Å². The van der Waals surface area contributed by atoms with Crippen LogP contribution in [-0.2, 0) is 9.31 Å². The van der Waals surface area contributed by atoms with Crippen LogP contribution in [0.1, 0.15) is 40.5 Å². The van der Waals surface area contributed by atoms with Crippen molar-refractivity contribution in [1.82, 2.24) is 9.13 Å². The first-order valence-corrected chi connectivity index (χ1v) is 16.7. The van der Waals surface area contributed by atoms with Crippen molar-refractivity contribution in [3.05, 3.63) is 127 Å². The van der Waals surface area contributed by atoms with Crippen LogP contribution in [0.3, 0.4) is 0 Å². The van der Waals surface area contributed by atoms with E-state index in [1.807, 2.05) is 0 Å². The van der Waals surface area contributed by atoms with Gasteiger partial charge in [-0.05, 0) is 112 Å². The van der Waals surface area contributed by atoms with Crippen LogP contribution in [0.15, 0.2) is 127 Å². The zero-order chi connectivity index (χ0) is 31.9. The molecule has 0 saturated carbocycles. The molecule has 1 saturated heterocycles. The van der Waals surface area contributed by atoms with Crippen molar-refractivity contribution in [3.63, 3.8) is 0 Å². The molecule has 0 spiro atoms. The summed E-state index contributed by atoms with van der Waals surface area (Å²) in [5.74, 6) is 0. The van der Waals surface area contributed by atoms with Gasteiger partial charge in [0.2, 0.25) is 0 Å². The van der Waals surface area contributed by atoms with E-state index in [9.17, 15) is 0 Å². The van der Waals surface area contributed by atoms with Crippen molar-refractivity contribution in [3.8, 4) is 16.8 Å². The second-order valence-electron chi connectivity index (χ2n) is 14.0. The predicted octanol–water partition coefficient (Wildman–Crippen LogP) is 10.0. The molecule has 0 amide bonds. The van der Waals surface area contributed by atoms with Gasteiger partial charge in [-0.3, -0.25) is 0 Å². The maximum absolute atomic E-state index is 6.48. The van der Waals surface area contributed by atoms with E-state index < -0.39 is 18.3 Å². The first kappa shape index (κ1) is 28.4. The fourth-order valence-corrected chi connectivity index (χ4v) is 7.40. The Labute approximate surface area is 275 Å². The Kier molecular flexibility index (Phi) is 6.24. The molecule has 1 fully saturated rings. The van der Waals surface area contributed by atoms with Gasteiger partial charge in [0.1, 0.15) is 0 Å². The molecule has 1 aliphatic heterocycles. The molecule has 1 aliphatic carbocycles. The Balaban J connectivity index is 1.23. The molecule has 5 aromatic carbocycles. The smallest absolute Gasteiger partial charge is 0.399 e. The van der Waals surface area contributed by atoms with E-state index in [0.29, 0.717) is 0 Å². The van der Waals surface area contributed by atoms with Crippen molar-refractivity contribution in [2.75, 3.05) is 0 Å². The number of para-hydroxylation sites is 2. The summed E-state index contributed by atoms with van der Waals surface area (Å²) in [6.07, 6.45) is 9.08.